The number of carbonyl (C=O) groups excluding carboxylic acids is 1. The first-order chi connectivity index (χ1) is 7.31. The van der Waals surface area contributed by atoms with Gasteiger partial charge in [0.25, 0.3) is 0 Å². The summed E-state index contributed by atoms with van der Waals surface area (Å²) >= 11 is 0. The summed E-state index contributed by atoms with van der Waals surface area (Å²) in [5.74, 6) is -1.00. The molecular weight excluding hydrogens is 210 g/mol. The van der Waals surface area contributed by atoms with Gasteiger partial charge in [-0.3, -0.25) is 4.90 Å². The number of carbonyl (C=O) groups is 2. The summed E-state index contributed by atoms with van der Waals surface area (Å²) in [6, 6.07) is -0.820. The van der Waals surface area contributed by atoms with Gasteiger partial charge >= 0.3 is 12.1 Å². The third-order valence-electron chi connectivity index (χ3n) is 2.12. The Labute approximate surface area is 94.7 Å². The lowest BCUT2D eigenvalue weighted by atomic mass is 10.1. The monoisotopic (exact) mass is 227 g/mol. The van der Waals surface area contributed by atoms with E-state index in [0.29, 0.717) is 6.42 Å². The third kappa shape index (κ3) is 3.25. The van der Waals surface area contributed by atoms with E-state index in [1.165, 1.54) is 4.90 Å². The van der Waals surface area contributed by atoms with Crippen molar-refractivity contribution in [2.75, 3.05) is 6.54 Å². The van der Waals surface area contributed by atoms with Gasteiger partial charge in [-0.15, -0.1) is 0 Å². The largest absolute Gasteiger partial charge is 0.480 e. The van der Waals surface area contributed by atoms with E-state index >= 15 is 0 Å². The highest BCUT2D eigenvalue weighted by Crippen LogP contribution is 2.16. The molecule has 90 valence electrons. The molecule has 0 saturated carbocycles. The van der Waals surface area contributed by atoms with E-state index in [1.807, 2.05) is 0 Å². The van der Waals surface area contributed by atoms with E-state index in [0.717, 1.165) is 0 Å². The smallest absolute Gasteiger partial charge is 0.411 e. The van der Waals surface area contributed by atoms with Gasteiger partial charge in [0.05, 0.1) is 0 Å². The van der Waals surface area contributed by atoms with Crippen LogP contribution in [-0.2, 0) is 9.53 Å². The summed E-state index contributed by atoms with van der Waals surface area (Å²) in [4.78, 5) is 23.9. The van der Waals surface area contributed by atoms with Crippen molar-refractivity contribution in [3.05, 3.63) is 12.2 Å². The highest BCUT2D eigenvalue weighted by atomic mass is 16.6. The van der Waals surface area contributed by atoms with Crippen LogP contribution in [0.5, 0.6) is 0 Å². The first kappa shape index (κ1) is 12.5. The summed E-state index contributed by atoms with van der Waals surface area (Å²) in [6.45, 7) is 5.53. The van der Waals surface area contributed by atoms with Gasteiger partial charge in [0.1, 0.15) is 11.6 Å². The lowest BCUT2D eigenvalue weighted by molar-refractivity contribution is -0.143. The van der Waals surface area contributed by atoms with Crippen LogP contribution in [0, 0.1) is 0 Å². The maximum absolute atomic E-state index is 11.7. The number of hydrogen-bond donors (Lipinski definition) is 1. The topological polar surface area (TPSA) is 66.8 Å². The van der Waals surface area contributed by atoms with Crippen LogP contribution in [-0.4, -0.2) is 40.3 Å². The van der Waals surface area contributed by atoms with Crippen LogP contribution >= 0.6 is 0 Å². The zero-order valence-corrected chi connectivity index (χ0v) is 9.77. The quantitative estimate of drug-likeness (QED) is 0.691. The Morgan fingerprint density at radius 1 is 1.38 bits per heavy atom. The zero-order chi connectivity index (χ0) is 12.3. The van der Waals surface area contributed by atoms with E-state index in [4.69, 9.17) is 9.84 Å². The van der Waals surface area contributed by atoms with Crippen molar-refractivity contribution < 1.29 is 19.4 Å². The number of hydrogen-bond acceptors (Lipinski definition) is 3. The normalized spacial score (nSPS) is 20.7. The standard InChI is InChI=1S/C11H17NO4/c1-11(2,3)16-10(15)12-7-5-4-6-8(12)9(13)14/h4-5,8H,6-7H2,1-3H3,(H,13,14)/t8-/m1/s1. The minimum absolute atomic E-state index is 0.284. The Morgan fingerprint density at radius 2 is 2.00 bits per heavy atom. The van der Waals surface area contributed by atoms with Crippen molar-refractivity contribution in [3.63, 3.8) is 0 Å². The molecule has 1 atom stereocenters. The molecule has 16 heavy (non-hydrogen) atoms. The second kappa shape index (κ2) is 4.55. The van der Waals surface area contributed by atoms with Crippen LogP contribution in [0.25, 0.3) is 0 Å². The highest BCUT2D eigenvalue weighted by molar-refractivity contribution is 5.80. The molecule has 0 aromatic carbocycles. The molecule has 1 aliphatic rings. The lowest BCUT2D eigenvalue weighted by Crippen LogP contribution is -2.48. The van der Waals surface area contributed by atoms with Gasteiger partial charge in [-0.05, 0) is 27.2 Å². The number of rotatable bonds is 1. The van der Waals surface area contributed by atoms with Gasteiger partial charge in [0.2, 0.25) is 0 Å². The van der Waals surface area contributed by atoms with E-state index in [-0.39, 0.29) is 6.54 Å². The average Bonchev–Trinajstić information content (AvgIpc) is 2.15. The van der Waals surface area contributed by atoms with E-state index in [2.05, 4.69) is 0 Å². The van der Waals surface area contributed by atoms with Crippen LogP contribution in [0.15, 0.2) is 12.2 Å². The van der Waals surface area contributed by atoms with Crippen molar-refractivity contribution in [1.82, 2.24) is 4.90 Å². The molecule has 0 bridgehead atoms. The Kier molecular flexibility index (Phi) is 3.57. The van der Waals surface area contributed by atoms with E-state index in [1.54, 1.807) is 32.9 Å². The minimum Gasteiger partial charge on any atom is -0.480 e. The molecule has 1 heterocycles. The first-order valence-electron chi connectivity index (χ1n) is 5.18. The molecular formula is C11H17NO4. The van der Waals surface area contributed by atoms with Crippen LogP contribution < -0.4 is 0 Å². The molecule has 0 fully saturated rings. The first-order valence-corrected chi connectivity index (χ1v) is 5.18. The molecule has 0 spiro atoms. The molecule has 0 radical (unpaired) electrons. The molecule has 0 aromatic heterocycles. The molecule has 0 aromatic rings. The summed E-state index contributed by atoms with van der Waals surface area (Å²) in [5.41, 5.74) is -0.610. The molecule has 1 rings (SSSR count). The predicted molar refractivity (Wildman–Crippen MR) is 58.1 cm³/mol. The average molecular weight is 227 g/mol. The van der Waals surface area contributed by atoms with Crippen LogP contribution in [0.3, 0.4) is 0 Å². The fourth-order valence-corrected chi connectivity index (χ4v) is 1.42. The number of nitrogens with zero attached hydrogens (tertiary/aromatic N) is 1. The van der Waals surface area contributed by atoms with Crippen molar-refractivity contribution in [2.24, 2.45) is 0 Å². The molecule has 1 N–H and O–H groups in total. The minimum atomic E-state index is -1.00. The molecule has 1 aliphatic heterocycles. The SMILES string of the molecule is CC(C)(C)OC(=O)N1CC=CC[C@@H]1C(=O)O. The predicted octanol–water partition coefficient (Wildman–Crippen LogP) is 1.64. The van der Waals surface area contributed by atoms with Gasteiger partial charge < -0.3 is 9.84 Å². The molecule has 1 amide bonds. The van der Waals surface area contributed by atoms with Crippen molar-refractivity contribution in [1.29, 1.82) is 0 Å². The highest BCUT2D eigenvalue weighted by Gasteiger charge is 2.32. The van der Waals surface area contributed by atoms with Crippen molar-refractivity contribution in [2.45, 2.75) is 38.8 Å². The number of ether oxygens (including phenoxy) is 1. The Bertz CT molecular complexity index is 316. The van der Waals surface area contributed by atoms with Crippen LogP contribution in [0.1, 0.15) is 27.2 Å². The van der Waals surface area contributed by atoms with Crippen molar-refractivity contribution in [3.8, 4) is 0 Å². The summed E-state index contributed by atoms with van der Waals surface area (Å²) in [6.07, 6.45) is 3.28. The van der Waals surface area contributed by atoms with E-state index in [9.17, 15) is 9.59 Å². The number of amides is 1. The van der Waals surface area contributed by atoms with Gasteiger partial charge in [-0.2, -0.15) is 0 Å². The Hall–Kier alpha value is -1.52. The second-order valence-electron chi connectivity index (χ2n) is 4.69. The van der Waals surface area contributed by atoms with Crippen LogP contribution in [0.2, 0.25) is 0 Å². The summed E-state index contributed by atoms with van der Waals surface area (Å²) in [7, 11) is 0. The number of carboxylic acids is 1. The maximum Gasteiger partial charge on any atom is 0.411 e. The molecule has 5 heteroatoms. The Balaban J connectivity index is 2.73. The zero-order valence-electron chi connectivity index (χ0n) is 9.77. The fraction of sp³-hybridized carbons (Fsp3) is 0.636. The summed E-state index contributed by atoms with van der Waals surface area (Å²) < 4.78 is 5.15. The lowest BCUT2D eigenvalue weighted by Gasteiger charge is -2.32. The van der Waals surface area contributed by atoms with Gasteiger partial charge in [0.15, 0.2) is 0 Å². The maximum atomic E-state index is 11.7. The number of carboxylic acid groups (broad SMARTS) is 1. The van der Waals surface area contributed by atoms with Gasteiger partial charge in [-0.25, -0.2) is 9.59 Å². The van der Waals surface area contributed by atoms with Gasteiger partial charge in [0, 0.05) is 6.54 Å². The number of aliphatic carboxylic acids is 1. The second-order valence-corrected chi connectivity index (χ2v) is 4.69. The molecule has 0 unspecified atom stereocenters. The molecule has 0 saturated heterocycles. The molecule has 5 nitrogen and oxygen atoms in total. The van der Waals surface area contributed by atoms with E-state index < -0.39 is 23.7 Å². The van der Waals surface area contributed by atoms with Crippen molar-refractivity contribution >= 4 is 12.1 Å². The van der Waals surface area contributed by atoms with Crippen LogP contribution in [0.4, 0.5) is 4.79 Å². The third-order valence-corrected chi connectivity index (χ3v) is 2.12. The molecule has 0 aliphatic carbocycles. The Morgan fingerprint density at radius 3 is 2.50 bits per heavy atom. The fourth-order valence-electron chi connectivity index (χ4n) is 1.42. The summed E-state index contributed by atoms with van der Waals surface area (Å²) in [5, 5.41) is 8.97. The van der Waals surface area contributed by atoms with Gasteiger partial charge in [-0.1, -0.05) is 12.2 Å².